The first-order valence-electron chi connectivity index (χ1n) is 6.44. The van der Waals surface area contributed by atoms with Gasteiger partial charge in [-0.1, -0.05) is 18.2 Å². The minimum atomic E-state index is -0.812. The number of aliphatic hydroxyl groups excluding tert-OH is 1. The van der Waals surface area contributed by atoms with Crippen molar-refractivity contribution in [3.05, 3.63) is 42.6 Å². The number of aromatic nitrogens is 2. The number of carbonyl (C=O) groups is 2. The molecule has 1 atom stereocenters. The Kier molecular flexibility index (Phi) is 4.68. The van der Waals surface area contributed by atoms with Crippen molar-refractivity contribution in [3.63, 3.8) is 0 Å². The van der Waals surface area contributed by atoms with Crippen LogP contribution in [0, 0.1) is 0 Å². The largest absolute Gasteiger partial charge is 0.394 e. The van der Waals surface area contributed by atoms with Crippen LogP contribution in [0.3, 0.4) is 0 Å². The molecule has 1 aromatic carbocycles. The zero-order valence-corrected chi connectivity index (χ0v) is 11.5. The summed E-state index contributed by atoms with van der Waals surface area (Å²) in [4.78, 5) is 23.4. The van der Waals surface area contributed by atoms with Gasteiger partial charge in [0.15, 0.2) is 0 Å². The van der Waals surface area contributed by atoms with Gasteiger partial charge < -0.3 is 15.7 Å². The van der Waals surface area contributed by atoms with Crippen molar-refractivity contribution in [2.24, 2.45) is 0 Å². The van der Waals surface area contributed by atoms with Crippen LogP contribution in [0.15, 0.2) is 42.6 Å². The lowest BCUT2D eigenvalue weighted by Gasteiger charge is -2.11. The first-order chi connectivity index (χ1) is 10.1. The minimum Gasteiger partial charge on any atom is -0.394 e. The Labute approximate surface area is 121 Å². The van der Waals surface area contributed by atoms with Crippen LogP contribution in [-0.2, 0) is 9.59 Å². The number of benzene rings is 1. The van der Waals surface area contributed by atoms with Crippen LogP contribution >= 0.6 is 0 Å². The lowest BCUT2D eigenvalue weighted by atomic mass is 10.3. The van der Waals surface area contributed by atoms with E-state index < -0.39 is 17.9 Å². The molecule has 0 radical (unpaired) electrons. The monoisotopic (exact) mass is 288 g/mol. The molecule has 3 N–H and O–H groups in total. The molecule has 1 aromatic heterocycles. The van der Waals surface area contributed by atoms with Crippen molar-refractivity contribution in [3.8, 4) is 5.69 Å². The molecule has 7 nitrogen and oxygen atoms in total. The molecule has 2 rings (SSSR count). The molecule has 0 saturated heterocycles. The van der Waals surface area contributed by atoms with E-state index in [2.05, 4.69) is 15.7 Å². The van der Waals surface area contributed by atoms with Crippen molar-refractivity contribution in [1.82, 2.24) is 15.1 Å². The van der Waals surface area contributed by atoms with Crippen LogP contribution in [0.25, 0.3) is 5.69 Å². The third kappa shape index (κ3) is 3.67. The number of para-hydroxylation sites is 1. The predicted molar refractivity (Wildman–Crippen MR) is 76.9 cm³/mol. The van der Waals surface area contributed by atoms with Gasteiger partial charge in [0.05, 0.1) is 18.5 Å². The Morgan fingerprint density at radius 3 is 2.62 bits per heavy atom. The molecule has 110 valence electrons. The molecule has 0 bridgehead atoms. The van der Waals surface area contributed by atoms with Gasteiger partial charge in [-0.25, -0.2) is 4.68 Å². The van der Waals surface area contributed by atoms with Crippen LogP contribution in [-0.4, -0.2) is 39.4 Å². The molecule has 0 unspecified atom stereocenters. The zero-order valence-electron chi connectivity index (χ0n) is 11.5. The highest BCUT2D eigenvalue weighted by Gasteiger charge is 2.17. The molecule has 0 saturated carbocycles. The molecule has 0 spiro atoms. The van der Waals surface area contributed by atoms with E-state index in [4.69, 9.17) is 5.11 Å². The Balaban J connectivity index is 2.09. The van der Waals surface area contributed by atoms with Crippen molar-refractivity contribution < 1.29 is 14.7 Å². The van der Waals surface area contributed by atoms with Gasteiger partial charge >= 0.3 is 11.8 Å². The van der Waals surface area contributed by atoms with E-state index in [-0.39, 0.29) is 6.61 Å². The molecule has 7 heteroatoms. The summed E-state index contributed by atoms with van der Waals surface area (Å²) >= 11 is 0. The third-order valence-corrected chi connectivity index (χ3v) is 2.74. The van der Waals surface area contributed by atoms with Crippen LogP contribution in [0.5, 0.6) is 0 Å². The number of carbonyl (C=O) groups excluding carboxylic acids is 2. The van der Waals surface area contributed by atoms with Crippen LogP contribution in [0.4, 0.5) is 5.82 Å². The quantitative estimate of drug-likeness (QED) is 0.705. The fraction of sp³-hybridized carbons (Fsp3) is 0.214. The fourth-order valence-corrected chi connectivity index (χ4v) is 1.68. The number of nitrogens with zero attached hydrogens (tertiary/aromatic N) is 2. The molecule has 2 amide bonds. The second-order valence-corrected chi connectivity index (χ2v) is 4.48. The number of rotatable bonds is 4. The van der Waals surface area contributed by atoms with Crippen molar-refractivity contribution >= 4 is 17.6 Å². The average Bonchev–Trinajstić information content (AvgIpc) is 2.96. The Hall–Kier alpha value is -2.67. The van der Waals surface area contributed by atoms with Gasteiger partial charge in [0.2, 0.25) is 0 Å². The van der Waals surface area contributed by atoms with E-state index in [0.29, 0.717) is 5.82 Å². The number of amides is 2. The summed E-state index contributed by atoms with van der Waals surface area (Å²) in [5.74, 6) is -1.23. The van der Waals surface area contributed by atoms with Gasteiger partial charge in [0.1, 0.15) is 5.82 Å². The molecule has 0 fully saturated rings. The van der Waals surface area contributed by atoms with E-state index >= 15 is 0 Å². The van der Waals surface area contributed by atoms with Gasteiger partial charge in [-0.3, -0.25) is 9.59 Å². The number of nitrogens with one attached hydrogen (secondary N) is 2. The van der Waals surface area contributed by atoms with Gasteiger partial charge in [-0.05, 0) is 19.1 Å². The van der Waals surface area contributed by atoms with Crippen molar-refractivity contribution in [1.29, 1.82) is 0 Å². The second-order valence-electron chi connectivity index (χ2n) is 4.48. The summed E-state index contributed by atoms with van der Waals surface area (Å²) in [6.45, 7) is 1.36. The van der Waals surface area contributed by atoms with E-state index in [1.165, 1.54) is 10.9 Å². The van der Waals surface area contributed by atoms with E-state index in [9.17, 15) is 9.59 Å². The van der Waals surface area contributed by atoms with Crippen LogP contribution in [0.2, 0.25) is 0 Å². The molecule has 0 aliphatic heterocycles. The first-order valence-corrected chi connectivity index (χ1v) is 6.44. The lowest BCUT2D eigenvalue weighted by Crippen LogP contribution is -2.42. The summed E-state index contributed by atoms with van der Waals surface area (Å²) in [6.07, 6.45) is 1.52. The highest BCUT2D eigenvalue weighted by molar-refractivity contribution is 6.39. The molecular weight excluding hydrogens is 272 g/mol. The number of anilines is 1. The fourth-order valence-electron chi connectivity index (χ4n) is 1.68. The standard InChI is InChI=1S/C14H16N4O3/c1-10(9-19)16-13(20)14(21)17-12-7-8-15-18(12)11-5-3-2-4-6-11/h2-8,10,19H,9H2,1H3,(H,16,20)(H,17,21)/t10-/m1/s1. The first kappa shape index (κ1) is 14.7. The summed E-state index contributed by atoms with van der Waals surface area (Å²) in [7, 11) is 0. The summed E-state index contributed by atoms with van der Waals surface area (Å²) in [5, 5.41) is 17.8. The van der Waals surface area contributed by atoms with Gasteiger partial charge in [-0.15, -0.1) is 0 Å². The smallest absolute Gasteiger partial charge is 0.314 e. The molecule has 2 aromatic rings. The summed E-state index contributed by atoms with van der Waals surface area (Å²) < 4.78 is 1.51. The molecule has 0 aliphatic carbocycles. The maximum atomic E-state index is 11.8. The summed E-state index contributed by atoms with van der Waals surface area (Å²) in [5.41, 5.74) is 0.766. The maximum absolute atomic E-state index is 11.8. The predicted octanol–water partition coefficient (Wildman–Crippen LogP) is 0.308. The van der Waals surface area contributed by atoms with Gasteiger partial charge in [-0.2, -0.15) is 5.10 Å². The molecule has 0 aliphatic rings. The highest BCUT2D eigenvalue weighted by atomic mass is 16.3. The van der Waals surface area contributed by atoms with E-state index in [0.717, 1.165) is 5.69 Å². The van der Waals surface area contributed by atoms with E-state index in [1.807, 2.05) is 30.3 Å². The Morgan fingerprint density at radius 2 is 1.95 bits per heavy atom. The number of hydrogen-bond acceptors (Lipinski definition) is 4. The Bertz CT molecular complexity index is 624. The molecule has 21 heavy (non-hydrogen) atoms. The van der Waals surface area contributed by atoms with Gasteiger partial charge in [0, 0.05) is 12.1 Å². The van der Waals surface area contributed by atoms with Crippen molar-refractivity contribution in [2.45, 2.75) is 13.0 Å². The number of aliphatic hydroxyl groups is 1. The topological polar surface area (TPSA) is 96.2 Å². The average molecular weight is 288 g/mol. The summed E-state index contributed by atoms with van der Waals surface area (Å²) in [6, 6.07) is 10.3. The van der Waals surface area contributed by atoms with E-state index in [1.54, 1.807) is 13.0 Å². The zero-order chi connectivity index (χ0) is 15.2. The Morgan fingerprint density at radius 1 is 1.24 bits per heavy atom. The van der Waals surface area contributed by atoms with Crippen LogP contribution in [0.1, 0.15) is 6.92 Å². The third-order valence-electron chi connectivity index (χ3n) is 2.74. The minimum absolute atomic E-state index is 0.235. The maximum Gasteiger partial charge on any atom is 0.314 e. The van der Waals surface area contributed by atoms with Crippen LogP contribution < -0.4 is 10.6 Å². The number of hydrogen-bond donors (Lipinski definition) is 3. The molecule has 1 heterocycles. The lowest BCUT2D eigenvalue weighted by molar-refractivity contribution is -0.136. The van der Waals surface area contributed by atoms with Crippen molar-refractivity contribution in [2.75, 3.05) is 11.9 Å². The SMILES string of the molecule is C[C@H](CO)NC(=O)C(=O)Nc1ccnn1-c1ccccc1. The van der Waals surface area contributed by atoms with Gasteiger partial charge in [0.25, 0.3) is 0 Å². The second kappa shape index (κ2) is 6.67. The normalized spacial score (nSPS) is 11.7. The molecular formula is C14H16N4O3. The highest BCUT2D eigenvalue weighted by Crippen LogP contribution is 2.13.